The van der Waals surface area contributed by atoms with Crippen molar-refractivity contribution in [3.8, 4) is 17.2 Å². The molecule has 0 aliphatic carbocycles. The number of carbonyl (C=O) groups is 1. The Balaban J connectivity index is 2.65. The van der Waals surface area contributed by atoms with Crippen LogP contribution in [0.5, 0.6) is 17.2 Å². The maximum atomic E-state index is 13.0. The van der Waals surface area contributed by atoms with Crippen LogP contribution in [-0.2, 0) is 23.0 Å². The molecule has 0 radical (unpaired) electrons. The van der Waals surface area contributed by atoms with E-state index in [1.807, 2.05) is 6.07 Å². The molecule has 0 bridgehead atoms. The van der Waals surface area contributed by atoms with Crippen molar-refractivity contribution in [2.24, 2.45) is 13.0 Å². The topological polar surface area (TPSA) is 76.0 Å². The first kappa shape index (κ1) is 19.6. The Morgan fingerprint density at radius 1 is 1.08 bits per heavy atom. The van der Waals surface area contributed by atoms with Gasteiger partial charge in [0.1, 0.15) is 11.3 Å². The van der Waals surface area contributed by atoms with Gasteiger partial charge in [-0.2, -0.15) is 0 Å². The van der Waals surface area contributed by atoms with E-state index in [2.05, 4.69) is 0 Å². The van der Waals surface area contributed by atoms with Gasteiger partial charge in [0.25, 0.3) is 5.56 Å². The fourth-order valence-electron chi connectivity index (χ4n) is 3.12. The van der Waals surface area contributed by atoms with Crippen LogP contribution in [0.25, 0.3) is 10.9 Å². The van der Waals surface area contributed by atoms with E-state index in [4.69, 9.17) is 18.9 Å². The minimum Gasteiger partial charge on any atom is -0.496 e. The molecular formula is C19H25NO6. The summed E-state index contributed by atoms with van der Waals surface area (Å²) in [6, 6.07) is 3.61. The molecule has 0 amide bonds. The van der Waals surface area contributed by atoms with Gasteiger partial charge >= 0.3 is 5.97 Å². The molecule has 1 aromatic carbocycles. The van der Waals surface area contributed by atoms with Crippen LogP contribution in [0.3, 0.4) is 0 Å². The number of carbonyl (C=O) groups excluding carboxylic acids is 1. The first-order valence-corrected chi connectivity index (χ1v) is 8.29. The second-order valence-corrected chi connectivity index (χ2v) is 6.04. The Hall–Kier alpha value is -2.70. The highest BCUT2D eigenvalue weighted by molar-refractivity contribution is 5.93. The predicted molar refractivity (Wildman–Crippen MR) is 98.3 cm³/mol. The van der Waals surface area contributed by atoms with Crippen LogP contribution >= 0.6 is 0 Å². The first-order valence-electron chi connectivity index (χ1n) is 8.29. The third kappa shape index (κ3) is 3.34. The van der Waals surface area contributed by atoms with E-state index in [1.165, 1.54) is 25.9 Å². The molecule has 0 saturated carbocycles. The Kier molecular flexibility index (Phi) is 6.13. The smallest absolute Gasteiger partial charge is 0.308 e. The molecule has 0 saturated heterocycles. The van der Waals surface area contributed by atoms with E-state index < -0.39 is 0 Å². The summed E-state index contributed by atoms with van der Waals surface area (Å²) >= 11 is 0. The zero-order valence-electron chi connectivity index (χ0n) is 16.0. The summed E-state index contributed by atoms with van der Waals surface area (Å²) in [6.45, 7) is 1.78. The van der Waals surface area contributed by atoms with Gasteiger partial charge in [-0.05, 0) is 25.0 Å². The van der Waals surface area contributed by atoms with E-state index in [0.717, 1.165) is 5.39 Å². The second-order valence-electron chi connectivity index (χ2n) is 6.04. The first-order chi connectivity index (χ1) is 12.4. The lowest BCUT2D eigenvalue weighted by Crippen LogP contribution is -2.24. The number of ether oxygens (including phenoxy) is 4. The molecule has 0 fully saturated rings. The zero-order valence-corrected chi connectivity index (χ0v) is 16.0. The minimum absolute atomic E-state index is 0.196. The Morgan fingerprint density at radius 2 is 1.73 bits per heavy atom. The highest BCUT2D eigenvalue weighted by Crippen LogP contribution is 2.39. The van der Waals surface area contributed by atoms with Gasteiger partial charge in [-0.25, -0.2) is 0 Å². The molecule has 1 aromatic heterocycles. The van der Waals surface area contributed by atoms with Crippen LogP contribution in [0.15, 0.2) is 16.9 Å². The van der Waals surface area contributed by atoms with E-state index in [1.54, 1.807) is 27.1 Å². The normalized spacial score (nSPS) is 11.9. The number of fused-ring (bicyclic) bond motifs is 1. The molecule has 1 unspecified atom stereocenters. The molecule has 7 heteroatoms. The zero-order chi connectivity index (χ0) is 19.4. The minimum atomic E-state index is -0.310. The second kappa shape index (κ2) is 8.12. The lowest BCUT2D eigenvalue weighted by atomic mass is 9.99. The van der Waals surface area contributed by atoms with Crippen LogP contribution < -0.4 is 19.8 Å². The van der Waals surface area contributed by atoms with Crippen LogP contribution in [0.4, 0.5) is 0 Å². The van der Waals surface area contributed by atoms with Gasteiger partial charge in [0, 0.05) is 12.4 Å². The third-order valence-corrected chi connectivity index (χ3v) is 4.57. The standard InChI is InChI=1S/C19H25NO6/c1-11(19(22)26-6)7-8-13-16(24-4)12-9-10-14(23-3)17(25-5)15(12)20(2)18(13)21/h9-11H,7-8H2,1-6H3. The van der Waals surface area contributed by atoms with Gasteiger partial charge in [-0.1, -0.05) is 6.92 Å². The molecule has 7 nitrogen and oxygen atoms in total. The molecule has 0 N–H and O–H groups in total. The highest BCUT2D eigenvalue weighted by Gasteiger charge is 2.22. The number of hydrogen-bond donors (Lipinski definition) is 0. The fraction of sp³-hybridized carbons (Fsp3) is 0.474. The Labute approximate surface area is 152 Å². The molecule has 142 valence electrons. The van der Waals surface area contributed by atoms with E-state index in [0.29, 0.717) is 41.2 Å². The number of methoxy groups -OCH3 is 4. The molecule has 1 heterocycles. The number of esters is 1. The summed E-state index contributed by atoms with van der Waals surface area (Å²) < 4.78 is 22.6. The summed E-state index contributed by atoms with van der Waals surface area (Å²) in [6.07, 6.45) is 0.882. The molecule has 26 heavy (non-hydrogen) atoms. The molecular weight excluding hydrogens is 338 g/mol. The average Bonchev–Trinajstić information content (AvgIpc) is 2.67. The number of aromatic nitrogens is 1. The van der Waals surface area contributed by atoms with Gasteiger partial charge in [0.2, 0.25) is 0 Å². The number of aryl methyl sites for hydroxylation is 1. The predicted octanol–water partition coefficient (Wildman–Crippen LogP) is 2.31. The van der Waals surface area contributed by atoms with Crippen molar-refractivity contribution in [1.82, 2.24) is 4.57 Å². The van der Waals surface area contributed by atoms with Crippen LogP contribution in [0.1, 0.15) is 18.9 Å². The molecule has 1 atom stereocenters. The van der Waals surface area contributed by atoms with Crippen molar-refractivity contribution in [3.63, 3.8) is 0 Å². The quantitative estimate of drug-likeness (QED) is 0.703. The number of nitrogens with zero attached hydrogens (tertiary/aromatic N) is 1. The van der Waals surface area contributed by atoms with E-state index in [9.17, 15) is 9.59 Å². The van der Waals surface area contributed by atoms with Gasteiger partial charge in [0.15, 0.2) is 11.5 Å². The van der Waals surface area contributed by atoms with Crippen molar-refractivity contribution in [1.29, 1.82) is 0 Å². The molecule has 0 spiro atoms. The number of hydrogen-bond acceptors (Lipinski definition) is 6. The van der Waals surface area contributed by atoms with Gasteiger partial charge in [0.05, 0.1) is 39.9 Å². The molecule has 2 rings (SSSR count). The Morgan fingerprint density at radius 3 is 2.27 bits per heavy atom. The van der Waals surface area contributed by atoms with Crippen LogP contribution in [-0.4, -0.2) is 39.0 Å². The van der Waals surface area contributed by atoms with Crippen LogP contribution in [0, 0.1) is 5.92 Å². The number of pyridine rings is 1. The van der Waals surface area contributed by atoms with Crippen molar-refractivity contribution in [2.45, 2.75) is 19.8 Å². The molecule has 2 aromatic rings. The van der Waals surface area contributed by atoms with E-state index in [-0.39, 0.29) is 17.4 Å². The van der Waals surface area contributed by atoms with Gasteiger partial charge < -0.3 is 23.5 Å². The lowest BCUT2D eigenvalue weighted by molar-refractivity contribution is -0.145. The molecule has 0 aliphatic rings. The van der Waals surface area contributed by atoms with Gasteiger partial charge in [-0.15, -0.1) is 0 Å². The van der Waals surface area contributed by atoms with E-state index >= 15 is 0 Å². The largest absolute Gasteiger partial charge is 0.496 e. The summed E-state index contributed by atoms with van der Waals surface area (Å²) in [4.78, 5) is 24.6. The van der Waals surface area contributed by atoms with Crippen molar-refractivity contribution >= 4 is 16.9 Å². The summed E-state index contributed by atoms with van der Waals surface area (Å²) in [5.74, 6) is 0.881. The van der Waals surface area contributed by atoms with Crippen molar-refractivity contribution in [2.75, 3.05) is 28.4 Å². The number of benzene rings is 1. The SMILES string of the molecule is COC(=O)C(C)CCc1c(OC)c2ccc(OC)c(OC)c2n(C)c1=O. The Bertz CT molecular complexity index is 871. The maximum absolute atomic E-state index is 13.0. The number of rotatable bonds is 7. The summed E-state index contributed by atoms with van der Waals surface area (Å²) in [5, 5.41) is 0.743. The average molecular weight is 363 g/mol. The third-order valence-electron chi connectivity index (χ3n) is 4.57. The lowest BCUT2D eigenvalue weighted by Gasteiger charge is -2.18. The molecule has 0 aliphatic heterocycles. The highest BCUT2D eigenvalue weighted by atomic mass is 16.5. The monoisotopic (exact) mass is 363 g/mol. The maximum Gasteiger partial charge on any atom is 0.308 e. The van der Waals surface area contributed by atoms with Crippen LogP contribution in [0.2, 0.25) is 0 Å². The summed E-state index contributed by atoms with van der Waals surface area (Å²) in [5.41, 5.74) is 0.918. The van der Waals surface area contributed by atoms with Gasteiger partial charge in [-0.3, -0.25) is 9.59 Å². The summed E-state index contributed by atoms with van der Waals surface area (Å²) in [7, 11) is 7.63. The van der Waals surface area contributed by atoms with Crippen molar-refractivity contribution < 1.29 is 23.7 Å². The van der Waals surface area contributed by atoms with Crippen molar-refractivity contribution in [3.05, 3.63) is 28.0 Å². The fourth-order valence-corrected chi connectivity index (χ4v) is 3.12.